The maximum absolute atomic E-state index is 5.31. The maximum Gasteiger partial charge on any atom is 0.155 e. The van der Waals surface area contributed by atoms with Crippen molar-refractivity contribution in [2.75, 3.05) is 45.6 Å². The topological polar surface area (TPSA) is 49.2 Å². The van der Waals surface area contributed by atoms with E-state index in [9.17, 15) is 0 Å². The zero-order valence-electron chi connectivity index (χ0n) is 23.2. The van der Waals surface area contributed by atoms with Gasteiger partial charge < -0.3 is 19.7 Å². The second-order valence-electron chi connectivity index (χ2n) is 12.1. The van der Waals surface area contributed by atoms with Gasteiger partial charge in [0, 0.05) is 36.5 Å². The minimum Gasteiger partial charge on any atom is -0.364 e. The van der Waals surface area contributed by atoms with Crippen LogP contribution < -0.4 is 5.32 Å². The molecular weight excluding hydrogens is 464 g/mol. The summed E-state index contributed by atoms with van der Waals surface area (Å²) < 4.78 is 3.91. The molecule has 0 amide bonds. The van der Waals surface area contributed by atoms with Crippen molar-refractivity contribution >= 4 is 44.0 Å². The Morgan fingerprint density at radius 1 is 1.08 bits per heavy atom. The summed E-state index contributed by atoms with van der Waals surface area (Å²) in [6.45, 7) is 14.5. The molecule has 0 unspecified atom stereocenters. The lowest BCUT2D eigenvalue weighted by Crippen LogP contribution is -2.32. The summed E-state index contributed by atoms with van der Waals surface area (Å²) in [5.41, 5.74) is 4.87. The van der Waals surface area contributed by atoms with E-state index >= 15 is 0 Å². The van der Waals surface area contributed by atoms with Gasteiger partial charge in [0.15, 0.2) is 5.82 Å². The highest BCUT2D eigenvalue weighted by Crippen LogP contribution is 2.40. The summed E-state index contributed by atoms with van der Waals surface area (Å²) in [5, 5.41) is 3.71. The molecule has 1 N–H and O–H groups in total. The molecule has 1 fully saturated rings. The number of thiophene rings is 1. The standard InChI is InChI=1S/C29H44N6S/c1-7-8-9-24-31-25-26(35(24)19-20-10-14-33(5)15-11-20)27-22(30-28(25)32-29(2,3)4)18-23(36-27)21-12-16-34(6)17-13-21/h12,18,20H,7-11,13-17,19H2,1-6H3,(H,30,32). The third kappa shape index (κ3) is 5.48. The molecule has 0 aromatic carbocycles. The number of fused-ring (bicyclic) bond motifs is 3. The highest BCUT2D eigenvalue weighted by molar-refractivity contribution is 7.21. The monoisotopic (exact) mass is 508 g/mol. The van der Waals surface area contributed by atoms with E-state index in [2.05, 4.69) is 73.6 Å². The van der Waals surface area contributed by atoms with Gasteiger partial charge in [-0.2, -0.15) is 0 Å². The highest BCUT2D eigenvalue weighted by Gasteiger charge is 2.26. The Kier molecular flexibility index (Phi) is 7.44. The van der Waals surface area contributed by atoms with E-state index in [0.29, 0.717) is 5.92 Å². The lowest BCUT2D eigenvalue weighted by molar-refractivity contribution is 0.205. The first-order chi connectivity index (χ1) is 17.2. The van der Waals surface area contributed by atoms with Gasteiger partial charge in [0.25, 0.3) is 0 Å². The van der Waals surface area contributed by atoms with E-state index in [1.165, 1.54) is 65.3 Å². The van der Waals surface area contributed by atoms with Crippen LogP contribution in [-0.2, 0) is 13.0 Å². The van der Waals surface area contributed by atoms with Gasteiger partial charge in [-0.3, -0.25) is 0 Å². The summed E-state index contributed by atoms with van der Waals surface area (Å²) in [6, 6.07) is 2.34. The number of hydrogen-bond acceptors (Lipinski definition) is 6. The van der Waals surface area contributed by atoms with Gasteiger partial charge in [0.1, 0.15) is 11.3 Å². The van der Waals surface area contributed by atoms with Crippen LogP contribution in [0.3, 0.4) is 0 Å². The molecule has 196 valence electrons. The first-order valence-electron chi connectivity index (χ1n) is 13.9. The summed E-state index contributed by atoms with van der Waals surface area (Å²) in [7, 11) is 4.45. The molecule has 7 heteroatoms. The van der Waals surface area contributed by atoms with Gasteiger partial charge in [-0.05, 0) is 91.2 Å². The van der Waals surface area contributed by atoms with E-state index in [1.54, 1.807) is 0 Å². The van der Waals surface area contributed by atoms with Crippen molar-refractivity contribution in [1.29, 1.82) is 0 Å². The Morgan fingerprint density at radius 3 is 2.53 bits per heavy atom. The molecule has 0 bridgehead atoms. The smallest absolute Gasteiger partial charge is 0.155 e. The predicted octanol–water partition coefficient (Wildman–Crippen LogP) is 6.26. The molecule has 5 rings (SSSR count). The van der Waals surface area contributed by atoms with E-state index in [1.807, 2.05) is 11.3 Å². The van der Waals surface area contributed by atoms with Gasteiger partial charge in [-0.1, -0.05) is 19.4 Å². The molecule has 3 aromatic rings. The molecule has 2 aliphatic heterocycles. The maximum atomic E-state index is 5.31. The number of piperidine rings is 1. The number of likely N-dealkylation sites (N-methyl/N-ethyl adjacent to an activating group) is 1. The Hall–Kier alpha value is -1.96. The fourth-order valence-corrected chi connectivity index (χ4v) is 6.74. The molecule has 6 nitrogen and oxygen atoms in total. The van der Waals surface area contributed by atoms with Gasteiger partial charge in [-0.25, -0.2) is 9.97 Å². The predicted molar refractivity (Wildman–Crippen MR) is 155 cm³/mol. The van der Waals surface area contributed by atoms with Crippen LogP contribution in [-0.4, -0.2) is 70.1 Å². The van der Waals surface area contributed by atoms with Gasteiger partial charge >= 0.3 is 0 Å². The van der Waals surface area contributed by atoms with Crippen molar-refractivity contribution in [3.8, 4) is 0 Å². The third-order valence-corrected chi connectivity index (χ3v) is 8.89. The quantitative estimate of drug-likeness (QED) is 0.408. The Morgan fingerprint density at radius 2 is 1.86 bits per heavy atom. The zero-order chi connectivity index (χ0) is 25.4. The number of nitrogens with zero attached hydrogens (tertiary/aromatic N) is 5. The first-order valence-corrected chi connectivity index (χ1v) is 14.7. The van der Waals surface area contributed by atoms with Crippen LogP contribution in [0.5, 0.6) is 0 Å². The number of imidazole rings is 1. The number of hydrogen-bond donors (Lipinski definition) is 1. The first kappa shape index (κ1) is 25.7. The van der Waals surface area contributed by atoms with E-state index in [0.717, 1.165) is 49.3 Å². The van der Waals surface area contributed by atoms with E-state index < -0.39 is 0 Å². The minimum absolute atomic E-state index is 0.0791. The van der Waals surface area contributed by atoms with Crippen LogP contribution in [0.1, 0.15) is 70.5 Å². The number of aryl methyl sites for hydroxylation is 1. The molecule has 5 heterocycles. The Balaban J connectivity index is 1.67. The summed E-state index contributed by atoms with van der Waals surface area (Å²) in [4.78, 5) is 16.7. The van der Waals surface area contributed by atoms with Crippen molar-refractivity contribution in [2.24, 2.45) is 5.92 Å². The number of likely N-dealkylation sites (tertiary alicyclic amines) is 1. The van der Waals surface area contributed by atoms with Crippen LogP contribution in [0.4, 0.5) is 5.82 Å². The number of pyridine rings is 1. The van der Waals surface area contributed by atoms with Crippen LogP contribution in [0.25, 0.3) is 26.8 Å². The van der Waals surface area contributed by atoms with E-state index in [-0.39, 0.29) is 5.54 Å². The third-order valence-electron chi connectivity index (χ3n) is 7.69. The second-order valence-corrected chi connectivity index (χ2v) is 13.1. The van der Waals surface area contributed by atoms with Crippen molar-refractivity contribution in [2.45, 2.75) is 78.3 Å². The average Bonchev–Trinajstić information content (AvgIpc) is 3.40. The van der Waals surface area contributed by atoms with E-state index in [4.69, 9.17) is 9.97 Å². The normalized spacial score (nSPS) is 18.9. The fourth-order valence-electron chi connectivity index (χ4n) is 5.52. The molecule has 36 heavy (non-hydrogen) atoms. The molecular formula is C29H44N6S. The Bertz CT molecular complexity index is 1240. The number of nitrogens with one attached hydrogen (secondary N) is 1. The SMILES string of the molecule is CCCCc1nc2c(NC(C)(C)C)nc3cc(C4=CCN(C)CC4)sc3c2n1CC1CCN(C)CC1. The van der Waals surface area contributed by atoms with Gasteiger partial charge in [0.05, 0.1) is 15.7 Å². The molecule has 0 saturated carbocycles. The van der Waals surface area contributed by atoms with Crippen molar-refractivity contribution < 1.29 is 0 Å². The molecule has 0 atom stereocenters. The summed E-state index contributed by atoms with van der Waals surface area (Å²) in [6.07, 6.45) is 9.43. The largest absolute Gasteiger partial charge is 0.364 e. The molecule has 1 saturated heterocycles. The van der Waals surface area contributed by atoms with Crippen LogP contribution in [0.2, 0.25) is 0 Å². The minimum atomic E-state index is -0.0791. The van der Waals surface area contributed by atoms with Crippen molar-refractivity contribution in [3.63, 3.8) is 0 Å². The fraction of sp³-hybridized carbons (Fsp3) is 0.655. The van der Waals surface area contributed by atoms with Crippen LogP contribution >= 0.6 is 11.3 Å². The van der Waals surface area contributed by atoms with Crippen molar-refractivity contribution in [1.82, 2.24) is 24.3 Å². The lowest BCUT2D eigenvalue weighted by atomic mass is 9.97. The number of unbranched alkanes of at least 4 members (excludes halogenated alkanes) is 1. The second kappa shape index (κ2) is 10.4. The highest BCUT2D eigenvalue weighted by atomic mass is 32.1. The number of anilines is 1. The van der Waals surface area contributed by atoms with Crippen LogP contribution in [0.15, 0.2) is 12.1 Å². The molecule has 0 radical (unpaired) electrons. The Labute approximate surface area is 220 Å². The summed E-state index contributed by atoms with van der Waals surface area (Å²) >= 11 is 1.93. The zero-order valence-corrected chi connectivity index (χ0v) is 24.0. The van der Waals surface area contributed by atoms with Gasteiger partial charge in [0.2, 0.25) is 0 Å². The molecule has 2 aliphatic rings. The number of aromatic nitrogens is 3. The average molecular weight is 509 g/mol. The lowest BCUT2D eigenvalue weighted by Gasteiger charge is -2.29. The summed E-state index contributed by atoms with van der Waals surface area (Å²) in [5.74, 6) is 2.88. The van der Waals surface area contributed by atoms with Crippen molar-refractivity contribution in [3.05, 3.63) is 22.8 Å². The van der Waals surface area contributed by atoms with Gasteiger partial charge in [-0.15, -0.1) is 11.3 Å². The van der Waals surface area contributed by atoms with Crippen LogP contribution in [0, 0.1) is 5.92 Å². The molecule has 0 aliphatic carbocycles. The molecule has 3 aromatic heterocycles. The number of rotatable bonds is 7. The molecule has 0 spiro atoms.